The van der Waals surface area contributed by atoms with Crippen LogP contribution >= 0.6 is 0 Å². The Labute approximate surface area is 319 Å². The summed E-state index contributed by atoms with van der Waals surface area (Å²) >= 11 is 0. The van der Waals surface area contributed by atoms with Crippen molar-refractivity contribution >= 4 is 92.3 Å². The molecule has 4 nitrogen and oxygen atoms in total. The van der Waals surface area contributed by atoms with Crippen LogP contribution in [0.15, 0.2) is 170 Å². The molecule has 0 fully saturated rings. The van der Waals surface area contributed by atoms with Gasteiger partial charge in [-0.1, -0.05) is 140 Å². The van der Waals surface area contributed by atoms with Crippen LogP contribution in [-0.2, 0) is 0 Å². The summed E-state index contributed by atoms with van der Waals surface area (Å²) < 4.78 is 4.79. The highest BCUT2D eigenvalue weighted by atomic mass is 15.2. The lowest BCUT2D eigenvalue weighted by Crippen LogP contribution is -2.03. The zero-order chi connectivity index (χ0) is 36.2. The van der Waals surface area contributed by atoms with E-state index in [2.05, 4.69) is 179 Å². The lowest BCUT2D eigenvalue weighted by atomic mass is 9.95. The van der Waals surface area contributed by atoms with E-state index in [4.69, 9.17) is 9.97 Å². The van der Waals surface area contributed by atoms with Crippen molar-refractivity contribution < 1.29 is 0 Å². The molecule has 4 aromatic heterocycles. The molecule has 0 aliphatic heterocycles. The molecule has 0 amide bonds. The molecule has 0 radical (unpaired) electrons. The third-order valence-corrected chi connectivity index (χ3v) is 12.6. The standard InChI is InChI=1S/C52H28N4/c1-2-12-30-29(11-1)23-26-44-47(30)49-45(28-27-43-48(49)40-20-10-19-38-33-15-6-8-22-42(33)55(43)51(38)40)56(44)52-53-41-21-7-5-16-39(41)50(54-52)37-25-24-36-32-14-4-3-13-31(32)34-17-9-18-35(37)46(34)36/h1-28H. The summed E-state index contributed by atoms with van der Waals surface area (Å²) in [7, 11) is 0. The van der Waals surface area contributed by atoms with Crippen LogP contribution < -0.4 is 0 Å². The van der Waals surface area contributed by atoms with Gasteiger partial charge in [-0.2, -0.15) is 0 Å². The summed E-state index contributed by atoms with van der Waals surface area (Å²) in [5.41, 5.74) is 14.0. The number of nitrogens with zero attached hydrogens (tertiary/aromatic N) is 4. The second-order valence-electron chi connectivity index (χ2n) is 15.2. The van der Waals surface area contributed by atoms with Crippen molar-refractivity contribution in [3.8, 4) is 39.5 Å². The van der Waals surface area contributed by atoms with Crippen molar-refractivity contribution in [1.82, 2.24) is 18.9 Å². The molecule has 0 N–H and O–H groups in total. The number of fused-ring (bicyclic) bond motifs is 16. The zero-order valence-electron chi connectivity index (χ0n) is 30.0. The monoisotopic (exact) mass is 708 g/mol. The van der Waals surface area contributed by atoms with Gasteiger partial charge in [0.15, 0.2) is 0 Å². The first kappa shape index (κ1) is 28.9. The summed E-state index contributed by atoms with van der Waals surface area (Å²) in [5.74, 6) is 0.668. The van der Waals surface area contributed by atoms with Crippen LogP contribution in [0.1, 0.15) is 0 Å². The van der Waals surface area contributed by atoms with Gasteiger partial charge in [0.2, 0.25) is 5.95 Å². The van der Waals surface area contributed by atoms with Crippen LogP contribution in [0, 0.1) is 0 Å². The van der Waals surface area contributed by atoms with Gasteiger partial charge >= 0.3 is 0 Å². The van der Waals surface area contributed by atoms with Crippen molar-refractivity contribution in [2.45, 2.75) is 0 Å². The third-order valence-electron chi connectivity index (χ3n) is 12.6. The fourth-order valence-electron chi connectivity index (χ4n) is 10.4. The topological polar surface area (TPSA) is 35.1 Å². The van der Waals surface area contributed by atoms with E-state index in [1.807, 2.05) is 0 Å². The molecule has 56 heavy (non-hydrogen) atoms. The third kappa shape index (κ3) is 3.42. The largest absolute Gasteiger partial charge is 0.308 e. The van der Waals surface area contributed by atoms with Crippen LogP contribution in [0.3, 0.4) is 0 Å². The Morgan fingerprint density at radius 1 is 0.321 bits per heavy atom. The molecule has 1 aliphatic rings. The summed E-state index contributed by atoms with van der Waals surface area (Å²) in [6, 6.07) is 62.0. The molecule has 1 aliphatic carbocycles. The Kier molecular flexibility index (Phi) is 5.23. The Morgan fingerprint density at radius 2 is 0.929 bits per heavy atom. The predicted molar refractivity (Wildman–Crippen MR) is 233 cm³/mol. The molecule has 14 rings (SSSR count). The van der Waals surface area contributed by atoms with Crippen molar-refractivity contribution in [1.29, 1.82) is 0 Å². The SMILES string of the molecule is c1ccc2c(c1)-c1cccc3c(-c4nc(-n5c6ccc7ccccc7c6c6c7c8cccc9c%10ccccc%10n(c7ccc65)c98)nc5ccccc45)ccc-2c13. The van der Waals surface area contributed by atoms with Crippen LogP contribution in [0.2, 0.25) is 0 Å². The van der Waals surface area contributed by atoms with E-state index in [1.54, 1.807) is 0 Å². The van der Waals surface area contributed by atoms with Crippen LogP contribution in [-0.4, -0.2) is 18.9 Å². The Hall–Kier alpha value is -7.56. The lowest BCUT2D eigenvalue weighted by molar-refractivity contribution is 1.01. The van der Waals surface area contributed by atoms with E-state index in [1.165, 1.54) is 92.7 Å². The first-order valence-corrected chi connectivity index (χ1v) is 19.3. The number of aromatic nitrogens is 4. The van der Waals surface area contributed by atoms with Crippen LogP contribution in [0.4, 0.5) is 0 Å². The lowest BCUT2D eigenvalue weighted by Gasteiger charge is -2.14. The Balaban J connectivity index is 1.14. The number of para-hydroxylation sites is 3. The highest BCUT2D eigenvalue weighted by Crippen LogP contribution is 2.50. The molecule has 0 saturated heterocycles. The van der Waals surface area contributed by atoms with Gasteiger partial charge in [-0.3, -0.25) is 4.57 Å². The molecule has 0 saturated carbocycles. The molecular weight excluding hydrogens is 681 g/mol. The van der Waals surface area contributed by atoms with Gasteiger partial charge in [0.1, 0.15) is 0 Å². The molecule has 9 aromatic carbocycles. The zero-order valence-corrected chi connectivity index (χ0v) is 30.0. The average Bonchev–Trinajstić information content (AvgIpc) is 3.99. The molecule has 256 valence electrons. The number of rotatable bonds is 2. The molecular formula is C52H28N4. The second kappa shape index (κ2) is 10.1. The fourth-order valence-corrected chi connectivity index (χ4v) is 10.4. The van der Waals surface area contributed by atoms with E-state index >= 15 is 0 Å². The maximum absolute atomic E-state index is 5.62. The molecule has 4 heteroatoms. The average molecular weight is 709 g/mol. The van der Waals surface area contributed by atoms with Gasteiger partial charge in [0.25, 0.3) is 0 Å². The van der Waals surface area contributed by atoms with E-state index in [0.717, 1.165) is 33.2 Å². The van der Waals surface area contributed by atoms with Crippen molar-refractivity contribution in [3.63, 3.8) is 0 Å². The summed E-state index contributed by atoms with van der Waals surface area (Å²) in [5, 5.41) is 13.5. The molecule has 0 unspecified atom stereocenters. The molecule has 0 bridgehead atoms. The number of hydrogen-bond donors (Lipinski definition) is 0. The minimum Gasteiger partial charge on any atom is -0.308 e. The van der Waals surface area contributed by atoms with Crippen molar-refractivity contribution in [2.75, 3.05) is 0 Å². The summed E-state index contributed by atoms with van der Waals surface area (Å²) in [6.07, 6.45) is 0. The van der Waals surface area contributed by atoms with Gasteiger partial charge in [-0.25, -0.2) is 9.97 Å². The minimum absolute atomic E-state index is 0.668. The van der Waals surface area contributed by atoms with Crippen LogP contribution in [0.5, 0.6) is 0 Å². The first-order valence-electron chi connectivity index (χ1n) is 19.3. The Morgan fingerprint density at radius 3 is 1.84 bits per heavy atom. The minimum atomic E-state index is 0.668. The van der Waals surface area contributed by atoms with Gasteiger partial charge in [-0.05, 0) is 74.1 Å². The molecule has 13 aromatic rings. The van der Waals surface area contributed by atoms with Gasteiger partial charge in [0.05, 0.1) is 38.8 Å². The summed E-state index contributed by atoms with van der Waals surface area (Å²) in [6.45, 7) is 0. The van der Waals surface area contributed by atoms with E-state index in [0.29, 0.717) is 5.95 Å². The van der Waals surface area contributed by atoms with Gasteiger partial charge in [-0.15, -0.1) is 0 Å². The van der Waals surface area contributed by atoms with E-state index in [9.17, 15) is 0 Å². The van der Waals surface area contributed by atoms with Crippen molar-refractivity contribution in [3.05, 3.63) is 170 Å². The van der Waals surface area contributed by atoms with E-state index < -0.39 is 0 Å². The maximum atomic E-state index is 5.62. The number of benzene rings is 9. The van der Waals surface area contributed by atoms with Crippen molar-refractivity contribution in [2.24, 2.45) is 0 Å². The molecule has 0 spiro atoms. The van der Waals surface area contributed by atoms with Gasteiger partial charge < -0.3 is 4.40 Å². The fraction of sp³-hybridized carbons (Fsp3) is 0. The first-order chi connectivity index (χ1) is 27.8. The Bertz CT molecular complexity index is 3850. The quantitative estimate of drug-likeness (QED) is 0.179. The maximum Gasteiger partial charge on any atom is 0.235 e. The summed E-state index contributed by atoms with van der Waals surface area (Å²) in [4.78, 5) is 11.0. The highest BCUT2D eigenvalue weighted by molar-refractivity contribution is 6.36. The molecule has 0 atom stereocenters. The highest BCUT2D eigenvalue weighted by Gasteiger charge is 2.26. The normalized spacial score (nSPS) is 12.6. The predicted octanol–water partition coefficient (Wildman–Crippen LogP) is 13.5. The van der Waals surface area contributed by atoms with Gasteiger partial charge in [0, 0.05) is 43.3 Å². The van der Waals surface area contributed by atoms with E-state index in [-0.39, 0.29) is 0 Å². The number of hydrogen-bond acceptors (Lipinski definition) is 2. The second-order valence-corrected chi connectivity index (χ2v) is 15.2. The molecule has 4 heterocycles. The van der Waals surface area contributed by atoms with Crippen LogP contribution in [0.25, 0.3) is 132 Å². The smallest absolute Gasteiger partial charge is 0.235 e.